The molecule has 3 rings (SSSR count). The van der Waals surface area contributed by atoms with Gasteiger partial charge in [-0.1, -0.05) is 35.1 Å². The second kappa shape index (κ2) is 7.56. The molecule has 4 nitrogen and oxygen atoms in total. The van der Waals surface area contributed by atoms with Crippen LogP contribution in [0.5, 0.6) is 0 Å². The molecule has 0 saturated carbocycles. The van der Waals surface area contributed by atoms with Crippen molar-refractivity contribution in [2.24, 2.45) is 0 Å². The van der Waals surface area contributed by atoms with E-state index in [2.05, 4.69) is 40.1 Å². The van der Waals surface area contributed by atoms with Crippen LogP contribution in [0.4, 0.5) is 5.13 Å². The average molecular weight is 369 g/mol. The Morgan fingerprint density at radius 2 is 1.92 bits per heavy atom. The Kier molecular flexibility index (Phi) is 5.39. The van der Waals surface area contributed by atoms with E-state index in [0.717, 1.165) is 27.5 Å². The summed E-state index contributed by atoms with van der Waals surface area (Å²) < 4.78 is 1.13. The molecule has 0 radical (unpaired) electrons. The van der Waals surface area contributed by atoms with Crippen LogP contribution in [0.2, 0.25) is 0 Å². The van der Waals surface area contributed by atoms with Gasteiger partial charge in [0.25, 0.3) is 5.91 Å². The molecule has 0 aliphatic heterocycles. The van der Waals surface area contributed by atoms with E-state index >= 15 is 0 Å². The second-order valence-electron chi connectivity index (χ2n) is 7.13. The Labute approximate surface area is 159 Å². The lowest BCUT2D eigenvalue weighted by Gasteiger charge is -2.21. The van der Waals surface area contributed by atoms with E-state index in [-0.39, 0.29) is 5.91 Å². The molecule has 0 aliphatic rings. The van der Waals surface area contributed by atoms with Gasteiger partial charge in [-0.05, 0) is 50.1 Å². The lowest BCUT2D eigenvalue weighted by Crippen LogP contribution is -3.06. The van der Waals surface area contributed by atoms with Crippen LogP contribution in [-0.2, 0) is 0 Å². The van der Waals surface area contributed by atoms with Gasteiger partial charge in [-0.25, -0.2) is 4.98 Å². The van der Waals surface area contributed by atoms with Gasteiger partial charge in [0.05, 0.1) is 37.4 Å². The first-order valence-electron chi connectivity index (χ1n) is 8.91. The van der Waals surface area contributed by atoms with E-state index in [9.17, 15) is 4.79 Å². The number of rotatable bonds is 5. The van der Waals surface area contributed by atoms with Gasteiger partial charge in [0.2, 0.25) is 0 Å². The standard InChI is InChI=1S/C21H25N3OS/c1-14-7-6-8-17(13-14)20(25)24(12-11-23(4)5)21-22-19-16(3)15(2)9-10-18(19)26-21/h6-10,13H,11-12H2,1-5H3/p+1. The number of anilines is 1. The summed E-state index contributed by atoms with van der Waals surface area (Å²) in [6, 6.07) is 12.0. The maximum Gasteiger partial charge on any atom is 0.260 e. The van der Waals surface area contributed by atoms with Crippen molar-refractivity contribution in [3.8, 4) is 0 Å². The quantitative estimate of drug-likeness (QED) is 0.752. The molecule has 0 fully saturated rings. The van der Waals surface area contributed by atoms with Gasteiger partial charge in [-0.3, -0.25) is 9.69 Å². The SMILES string of the molecule is Cc1cccc(C(=O)N(CC[NH+](C)C)c2nc3c(C)c(C)ccc3s2)c1. The molecule has 0 spiro atoms. The number of nitrogens with zero attached hydrogens (tertiary/aromatic N) is 2. The number of amides is 1. The summed E-state index contributed by atoms with van der Waals surface area (Å²) in [5.41, 5.74) is 5.22. The fraction of sp³-hybridized carbons (Fsp3) is 0.333. The molecule has 136 valence electrons. The van der Waals surface area contributed by atoms with Crippen molar-refractivity contribution in [3.05, 3.63) is 58.7 Å². The van der Waals surface area contributed by atoms with E-state index < -0.39 is 0 Å². The van der Waals surface area contributed by atoms with E-state index in [1.807, 2.05) is 36.1 Å². The van der Waals surface area contributed by atoms with Gasteiger partial charge >= 0.3 is 0 Å². The minimum atomic E-state index is 0.0170. The summed E-state index contributed by atoms with van der Waals surface area (Å²) in [5.74, 6) is 0.0170. The first kappa shape index (κ1) is 18.5. The highest BCUT2D eigenvalue weighted by atomic mass is 32.1. The fourth-order valence-electron chi connectivity index (χ4n) is 2.88. The maximum absolute atomic E-state index is 13.2. The van der Waals surface area contributed by atoms with E-state index in [0.29, 0.717) is 12.1 Å². The van der Waals surface area contributed by atoms with Crippen molar-refractivity contribution in [3.63, 3.8) is 0 Å². The number of aryl methyl sites for hydroxylation is 3. The Balaban J connectivity index is 2.03. The smallest absolute Gasteiger partial charge is 0.260 e. The number of nitrogens with one attached hydrogen (secondary N) is 1. The van der Waals surface area contributed by atoms with Gasteiger partial charge in [0.1, 0.15) is 0 Å². The monoisotopic (exact) mass is 368 g/mol. The van der Waals surface area contributed by atoms with Gasteiger partial charge in [-0.15, -0.1) is 0 Å². The van der Waals surface area contributed by atoms with Gasteiger partial charge < -0.3 is 4.90 Å². The molecule has 3 aromatic rings. The van der Waals surface area contributed by atoms with Crippen LogP contribution in [-0.4, -0.2) is 38.1 Å². The van der Waals surface area contributed by atoms with Gasteiger partial charge in [0.15, 0.2) is 5.13 Å². The van der Waals surface area contributed by atoms with Crippen molar-refractivity contribution >= 4 is 32.6 Å². The summed E-state index contributed by atoms with van der Waals surface area (Å²) in [5, 5.41) is 0.779. The van der Waals surface area contributed by atoms with Crippen LogP contribution in [0, 0.1) is 20.8 Å². The molecule has 0 aliphatic carbocycles. The number of carbonyl (C=O) groups is 1. The normalized spacial score (nSPS) is 11.3. The van der Waals surface area contributed by atoms with E-state index in [1.165, 1.54) is 16.0 Å². The topological polar surface area (TPSA) is 37.6 Å². The summed E-state index contributed by atoms with van der Waals surface area (Å²) in [7, 11) is 4.20. The number of thiazole rings is 1. The molecule has 1 amide bonds. The number of benzene rings is 2. The summed E-state index contributed by atoms with van der Waals surface area (Å²) in [6.07, 6.45) is 0. The molecular formula is C21H26N3OS+. The first-order chi connectivity index (χ1) is 12.4. The molecular weight excluding hydrogens is 342 g/mol. The van der Waals surface area contributed by atoms with Gasteiger partial charge in [-0.2, -0.15) is 0 Å². The zero-order valence-corrected chi connectivity index (χ0v) is 16.9. The highest BCUT2D eigenvalue weighted by Gasteiger charge is 2.22. The molecule has 1 heterocycles. The van der Waals surface area contributed by atoms with Crippen LogP contribution in [0.25, 0.3) is 10.2 Å². The van der Waals surface area contributed by atoms with Crippen molar-refractivity contribution in [1.29, 1.82) is 0 Å². The summed E-state index contributed by atoms with van der Waals surface area (Å²) in [4.78, 5) is 21.2. The van der Waals surface area contributed by atoms with Crippen molar-refractivity contribution < 1.29 is 9.69 Å². The highest BCUT2D eigenvalue weighted by Crippen LogP contribution is 2.32. The van der Waals surface area contributed by atoms with Crippen molar-refractivity contribution in [1.82, 2.24) is 4.98 Å². The number of hydrogen-bond donors (Lipinski definition) is 1. The molecule has 26 heavy (non-hydrogen) atoms. The maximum atomic E-state index is 13.2. The van der Waals surface area contributed by atoms with E-state index in [1.54, 1.807) is 11.3 Å². The Morgan fingerprint density at radius 1 is 1.15 bits per heavy atom. The molecule has 1 N–H and O–H groups in total. The van der Waals surface area contributed by atoms with Crippen LogP contribution >= 0.6 is 11.3 Å². The zero-order chi connectivity index (χ0) is 18.8. The Hall–Kier alpha value is -2.24. The number of likely N-dealkylation sites (N-methyl/N-ethyl adjacent to an activating group) is 1. The summed E-state index contributed by atoms with van der Waals surface area (Å²) in [6.45, 7) is 7.71. The molecule has 5 heteroatoms. The predicted octanol–water partition coefficient (Wildman–Crippen LogP) is 3.01. The predicted molar refractivity (Wildman–Crippen MR) is 110 cm³/mol. The third-order valence-electron chi connectivity index (χ3n) is 4.65. The highest BCUT2D eigenvalue weighted by molar-refractivity contribution is 7.22. The number of carbonyl (C=O) groups excluding carboxylic acids is 1. The number of fused-ring (bicyclic) bond motifs is 1. The van der Waals surface area contributed by atoms with Crippen LogP contribution < -0.4 is 9.80 Å². The molecule has 2 aromatic carbocycles. The van der Waals surface area contributed by atoms with Crippen LogP contribution in [0.15, 0.2) is 36.4 Å². The van der Waals surface area contributed by atoms with Gasteiger partial charge in [0, 0.05) is 5.56 Å². The number of aromatic nitrogens is 1. The van der Waals surface area contributed by atoms with Crippen LogP contribution in [0.1, 0.15) is 27.0 Å². The Bertz CT molecular complexity index is 946. The molecule has 0 unspecified atom stereocenters. The third-order valence-corrected chi connectivity index (χ3v) is 5.69. The lowest BCUT2D eigenvalue weighted by molar-refractivity contribution is -0.856. The fourth-order valence-corrected chi connectivity index (χ4v) is 3.93. The largest absolute Gasteiger partial charge is 0.338 e. The zero-order valence-electron chi connectivity index (χ0n) is 16.1. The third kappa shape index (κ3) is 3.79. The Morgan fingerprint density at radius 3 is 2.62 bits per heavy atom. The first-order valence-corrected chi connectivity index (χ1v) is 9.73. The molecule has 0 atom stereocenters. The minimum absolute atomic E-state index is 0.0170. The average Bonchev–Trinajstić information content (AvgIpc) is 3.02. The second-order valence-corrected chi connectivity index (χ2v) is 8.14. The van der Waals surface area contributed by atoms with E-state index in [4.69, 9.17) is 4.98 Å². The molecule has 1 aromatic heterocycles. The molecule has 0 bridgehead atoms. The molecule has 0 saturated heterocycles. The number of hydrogen-bond acceptors (Lipinski definition) is 3. The van der Waals surface area contributed by atoms with Crippen molar-refractivity contribution in [2.75, 3.05) is 32.1 Å². The van der Waals surface area contributed by atoms with Crippen molar-refractivity contribution in [2.45, 2.75) is 20.8 Å². The lowest BCUT2D eigenvalue weighted by atomic mass is 10.1. The summed E-state index contributed by atoms with van der Waals surface area (Å²) >= 11 is 1.59. The van der Waals surface area contributed by atoms with Crippen LogP contribution in [0.3, 0.4) is 0 Å². The number of quaternary nitrogens is 1. The minimum Gasteiger partial charge on any atom is -0.338 e.